The Morgan fingerprint density at radius 1 is 1.19 bits per heavy atom. The van der Waals surface area contributed by atoms with Crippen LogP contribution in [0.4, 0.5) is 0 Å². The molecule has 9 heteroatoms. The van der Waals surface area contributed by atoms with Crippen molar-refractivity contribution in [1.82, 2.24) is 15.0 Å². The van der Waals surface area contributed by atoms with E-state index in [0.717, 1.165) is 0 Å². The average Bonchev–Trinajstić information content (AvgIpc) is 2.63. The van der Waals surface area contributed by atoms with Gasteiger partial charge in [0.1, 0.15) is 0 Å². The summed E-state index contributed by atoms with van der Waals surface area (Å²) >= 11 is 6.20. The molecule has 3 rings (SSSR count). The number of amides is 1. The van der Waals surface area contributed by atoms with Crippen LogP contribution in [0.15, 0.2) is 47.4 Å². The third kappa shape index (κ3) is 3.50. The minimum Gasteiger partial charge on any atom is -0.493 e. The molecule has 1 aromatic carbocycles. The Morgan fingerprint density at radius 3 is 2.58 bits per heavy atom. The Bertz CT molecular complexity index is 1040. The van der Waals surface area contributed by atoms with Crippen LogP contribution in [0.25, 0.3) is 11.4 Å². The number of nitrogens with zero attached hydrogens (tertiary/aromatic N) is 2. The topological polar surface area (TPSA) is 120 Å². The number of nitrogens with one attached hydrogen (secondary N) is 1. The lowest BCUT2D eigenvalue weighted by Gasteiger charge is -2.13. The lowest BCUT2D eigenvalue weighted by Crippen LogP contribution is -2.16. The van der Waals surface area contributed by atoms with Gasteiger partial charge in [0.2, 0.25) is 5.56 Å². The van der Waals surface area contributed by atoms with Gasteiger partial charge in [-0.1, -0.05) is 23.7 Å². The van der Waals surface area contributed by atoms with Crippen LogP contribution in [0.1, 0.15) is 10.5 Å². The Morgan fingerprint density at radius 2 is 1.92 bits per heavy atom. The molecule has 8 nitrogen and oxygen atoms in total. The summed E-state index contributed by atoms with van der Waals surface area (Å²) in [6.45, 7) is 0. The summed E-state index contributed by atoms with van der Waals surface area (Å²) in [5.41, 5.74) is 5.23. The second-order valence-electron chi connectivity index (χ2n) is 5.07. The molecule has 0 atom stereocenters. The molecule has 0 aliphatic heterocycles. The number of hydrogen-bond donors (Lipinski definition) is 2. The number of ether oxygens (including phenoxy) is 2. The number of primary amides is 1. The van der Waals surface area contributed by atoms with Crippen LogP contribution in [0, 0.1) is 0 Å². The minimum absolute atomic E-state index is 0.0716. The number of nitrogens with two attached hydrogens (primary N) is 1. The van der Waals surface area contributed by atoms with Crippen molar-refractivity contribution in [3.8, 4) is 28.6 Å². The molecule has 0 radical (unpaired) electrons. The van der Waals surface area contributed by atoms with E-state index in [-0.39, 0.29) is 28.0 Å². The zero-order chi connectivity index (χ0) is 18.7. The maximum absolute atomic E-state index is 11.9. The average molecular weight is 373 g/mol. The van der Waals surface area contributed by atoms with E-state index in [2.05, 4.69) is 15.0 Å². The molecule has 0 aliphatic rings. The Labute approximate surface area is 152 Å². The SMILES string of the molecule is COc1ccccc1Oc1c(Cl)nc(-c2cc[nH]c(=O)c2)nc1C(N)=O. The predicted octanol–water partition coefficient (Wildman–Crippen LogP) is 2.39. The van der Waals surface area contributed by atoms with E-state index in [4.69, 9.17) is 26.8 Å². The van der Waals surface area contributed by atoms with Gasteiger partial charge in [0.05, 0.1) is 7.11 Å². The zero-order valence-corrected chi connectivity index (χ0v) is 14.3. The number of methoxy groups -OCH3 is 1. The highest BCUT2D eigenvalue weighted by molar-refractivity contribution is 6.31. The molecule has 3 N–H and O–H groups in total. The molecule has 0 aliphatic carbocycles. The van der Waals surface area contributed by atoms with Gasteiger partial charge in [0, 0.05) is 17.8 Å². The first-order chi connectivity index (χ1) is 12.5. The second-order valence-corrected chi connectivity index (χ2v) is 5.43. The molecule has 0 spiro atoms. The normalized spacial score (nSPS) is 10.4. The summed E-state index contributed by atoms with van der Waals surface area (Å²) in [6, 6.07) is 9.63. The highest BCUT2D eigenvalue weighted by atomic mass is 35.5. The zero-order valence-electron chi connectivity index (χ0n) is 13.5. The fraction of sp³-hybridized carbons (Fsp3) is 0.0588. The number of hydrogen-bond acceptors (Lipinski definition) is 6. The molecule has 0 saturated carbocycles. The van der Waals surface area contributed by atoms with E-state index in [9.17, 15) is 9.59 Å². The predicted molar refractivity (Wildman–Crippen MR) is 94.7 cm³/mol. The lowest BCUT2D eigenvalue weighted by molar-refractivity contribution is 0.0993. The van der Waals surface area contributed by atoms with Crippen molar-refractivity contribution in [2.75, 3.05) is 7.11 Å². The van der Waals surface area contributed by atoms with Crippen molar-refractivity contribution >= 4 is 17.5 Å². The summed E-state index contributed by atoms with van der Waals surface area (Å²) < 4.78 is 10.9. The van der Waals surface area contributed by atoms with Gasteiger partial charge in [-0.25, -0.2) is 9.97 Å². The van der Waals surface area contributed by atoms with Crippen molar-refractivity contribution in [1.29, 1.82) is 0 Å². The third-order valence-corrected chi connectivity index (χ3v) is 3.63. The van der Waals surface area contributed by atoms with Gasteiger partial charge in [-0.05, 0) is 18.2 Å². The number of benzene rings is 1. The number of pyridine rings is 1. The van der Waals surface area contributed by atoms with Crippen molar-refractivity contribution in [2.24, 2.45) is 5.73 Å². The van der Waals surface area contributed by atoms with Crippen LogP contribution in [0.3, 0.4) is 0 Å². The molecule has 0 fully saturated rings. The van der Waals surface area contributed by atoms with E-state index < -0.39 is 5.91 Å². The Kier molecular flexibility index (Phi) is 4.85. The second kappa shape index (κ2) is 7.24. The summed E-state index contributed by atoms with van der Waals surface area (Å²) in [6.07, 6.45) is 1.43. The fourth-order valence-electron chi connectivity index (χ4n) is 2.21. The Hall–Kier alpha value is -3.39. The van der Waals surface area contributed by atoms with Gasteiger partial charge in [-0.2, -0.15) is 0 Å². The van der Waals surface area contributed by atoms with Gasteiger partial charge in [0.15, 0.2) is 33.9 Å². The van der Waals surface area contributed by atoms with Crippen LogP contribution in [-0.2, 0) is 0 Å². The van der Waals surface area contributed by atoms with E-state index in [1.54, 1.807) is 30.3 Å². The fourth-order valence-corrected chi connectivity index (χ4v) is 2.41. The number of para-hydroxylation sites is 2. The van der Waals surface area contributed by atoms with Crippen molar-refractivity contribution in [3.63, 3.8) is 0 Å². The molecule has 0 saturated heterocycles. The number of aromatic amines is 1. The van der Waals surface area contributed by atoms with Crippen molar-refractivity contribution < 1.29 is 14.3 Å². The first-order valence-electron chi connectivity index (χ1n) is 7.37. The molecule has 132 valence electrons. The number of carbonyl (C=O) groups excluding carboxylic acids is 1. The van der Waals surface area contributed by atoms with Gasteiger partial charge in [-0.15, -0.1) is 0 Å². The van der Waals surface area contributed by atoms with E-state index in [1.807, 2.05) is 0 Å². The molecule has 0 unspecified atom stereocenters. The highest BCUT2D eigenvalue weighted by Gasteiger charge is 2.21. The van der Waals surface area contributed by atoms with Gasteiger partial charge in [0.25, 0.3) is 5.91 Å². The molecule has 3 aromatic rings. The van der Waals surface area contributed by atoms with Crippen LogP contribution < -0.4 is 20.8 Å². The van der Waals surface area contributed by atoms with Crippen LogP contribution >= 0.6 is 11.6 Å². The molecular weight excluding hydrogens is 360 g/mol. The summed E-state index contributed by atoms with van der Waals surface area (Å²) in [7, 11) is 1.48. The number of H-pyrrole nitrogens is 1. The van der Waals surface area contributed by atoms with Gasteiger partial charge >= 0.3 is 0 Å². The van der Waals surface area contributed by atoms with Gasteiger partial charge < -0.3 is 20.2 Å². The summed E-state index contributed by atoms with van der Waals surface area (Å²) in [4.78, 5) is 34.0. The smallest absolute Gasteiger partial charge is 0.271 e. The number of aromatic nitrogens is 3. The quantitative estimate of drug-likeness (QED) is 0.663. The molecule has 26 heavy (non-hydrogen) atoms. The Balaban J connectivity index is 2.11. The van der Waals surface area contributed by atoms with Crippen molar-refractivity contribution in [3.05, 3.63) is 63.8 Å². The number of rotatable bonds is 5. The first kappa shape index (κ1) is 17.4. The standard InChI is InChI=1S/C17H13ClN4O4/c1-25-10-4-2-3-5-11(10)26-14-13(16(19)24)21-17(22-15(14)18)9-6-7-20-12(23)8-9/h2-8H,1H3,(H2,19,24)(H,20,23). The minimum atomic E-state index is -0.856. The summed E-state index contributed by atoms with van der Waals surface area (Å²) in [5.74, 6) is -0.144. The maximum atomic E-state index is 11.9. The van der Waals surface area contributed by atoms with Crippen LogP contribution in [-0.4, -0.2) is 28.0 Å². The van der Waals surface area contributed by atoms with E-state index >= 15 is 0 Å². The molecule has 0 bridgehead atoms. The molecule has 1 amide bonds. The highest BCUT2D eigenvalue weighted by Crippen LogP contribution is 2.36. The monoisotopic (exact) mass is 372 g/mol. The van der Waals surface area contributed by atoms with Crippen molar-refractivity contribution in [2.45, 2.75) is 0 Å². The third-order valence-electron chi connectivity index (χ3n) is 3.37. The summed E-state index contributed by atoms with van der Waals surface area (Å²) in [5, 5.41) is -0.130. The lowest BCUT2D eigenvalue weighted by atomic mass is 10.2. The number of halogens is 1. The molecular formula is C17H13ClN4O4. The molecule has 2 aromatic heterocycles. The largest absolute Gasteiger partial charge is 0.493 e. The van der Waals surface area contributed by atoms with E-state index in [0.29, 0.717) is 17.1 Å². The number of carbonyl (C=O) groups is 1. The van der Waals surface area contributed by atoms with Crippen LogP contribution in [0.2, 0.25) is 5.15 Å². The first-order valence-corrected chi connectivity index (χ1v) is 7.74. The van der Waals surface area contributed by atoms with Crippen LogP contribution in [0.5, 0.6) is 17.2 Å². The van der Waals surface area contributed by atoms with Gasteiger partial charge in [-0.3, -0.25) is 9.59 Å². The maximum Gasteiger partial charge on any atom is 0.271 e. The van der Waals surface area contributed by atoms with E-state index in [1.165, 1.54) is 19.4 Å². The molecule has 2 heterocycles.